The Hall–Kier alpha value is -2.69. The number of nitrogens with one attached hydrogen (secondary N) is 1. The van der Waals surface area contributed by atoms with Crippen LogP contribution in [0.1, 0.15) is 33.5 Å². The average molecular weight is 513 g/mol. The molecule has 0 aliphatic carbocycles. The number of nitrogens with zero attached hydrogens (tertiary/aromatic N) is 1. The van der Waals surface area contributed by atoms with Gasteiger partial charge in [0.25, 0.3) is 5.91 Å². The van der Waals surface area contributed by atoms with Crippen molar-refractivity contribution in [3.63, 3.8) is 0 Å². The fourth-order valence-electron chi connectivity index (χ4n) is 3.91. The van der Waals surface area contributed by atoms with Crippen LogP contribution in [-0.2, 0) is 22.7 Å². The van der Waals surface area contributed by atoms with Gasteiger partial charge in [-0.3, -0.25) is 4.79 Å². The molecule has 0 fully saturated rings. The van der Waals surface area contributed by atoms with E-state index in [1.165, 1.54) is 11.8 Å². The molecule has 0 spiro atoms. The monoisotopic (exact) mass is 512 g/mol. The van der Waals surface area contributed by atoms with Crippen LogP contribution in [0.4, 0.5) is 5.69 Å². The summed E-state index contributed by atoms with van der Waals surface area (Å²) in [7, 11) is 4.01. The predicted octanol–water partition coefficient (Wildman–Crippen LogP) is 1.05. The normalized spacial score (nSPS) is 11.4. The van der Waals surface area contributed by atoms with Crippen molar-refractivity contribution in [1.29, 1.82) is 0 Å². The van der Waals surface area contributed by atoms with Gasteiger partial charge in [-0.05, 0) is 77.4 Å². The van der Waals surface area contributed by atoms with E-state index < -0.39 is 17.9 Å². The maximum absolute atomic E-state index is 13.2. The SMILES string of the molecule is CSCC[C@H](NC(=O)c1ccc(COCc2cccc(N(C)C)c2)cc1-c1ccccc1C)C(=O)[O-].[Li+]. The first-order valence-corrected chi connectivity index (χ1v) is 13.2. The van der Waals surface area contributed by atoms with Crippen LogP contribution in [0.15, 0.2) is 66.7 Å². The number of anilines is 1. The zero-order chi connectivity index (χ0) is 26.1. The molecule has 190 valence electrons. The van der Waals surface area contributed by atoms with Crippen LogP contribution < -0.4 is 34.2 Å². The van der Waals surface area contributed by atoms with Gasteiger partial charge in [0.15, 0.2) is 0 Å². The van der Waals surface area contributed by atoms with Crippen LogP contribution in [0.3, 0.4) is 0 Å². The average Bonchev–Trinajstić information content (AvgIpc) is 2.86. The number of aryl methyl sites for hydroxylation is 1. The molecule has 0 aromatic heterocycles. The molecule has 3 aromatic rings. The molecule has 3 rings (SSSR count). The van der Waals surface area contributed by atoms with Gasteiger partial charge >= 0.3 is 18.9 Å². The molecule has 1 N–H and O–H groups in total. The zero-order valence-corrected chi connectivity index (χ0v) is 23.1. The fourth-order valence-corrected chi connectivity index (χ4v) is 4.38. The first-order valence-electron chi connectivity index (χ1n) is 11.8. The van der Waals surface area contributed by atoms with Gasteiger partial charge in [-0.25, -0.2) is 0 Å². The summed E-state index contributed by atoms with van der Waals surface area (Å²) < 4.78 is 5.99. The minimum atomic E-state index is -1.28. The summed E-state index contributed by atoms with van der Waals surface area (Å²) in [5.74, 6) is -1.10. The number of ether oxygens (including phenoxy) is 1. The second kappa shape index (κ2) is 14.9. The van der Waals surface area contributed by atoms with Gasteiger partial charge in [0.2, 0.25) is 0 Å². The number of carbonyl (C=O) groups is 2. The Kier molecular flexibility index (Phi) is 12.3. The number of hydrogen-bond donors (Lipinski definition) is 1. The van der Waals surface area contributed by atoms with Crippen molar-refractivity contribution in [2.45, 2.75) is 32.6 Å². The topological polar surface area (TPSA) is 81.7 Å². The van der Waals surface area contributed by atoms with Crippen molar-refractivity contribution in [3.05, 3.63) is 89.0 Å². The van der Waals surface area contributed by atoms with E-state index >= 15 is 0 Å². The molecule has 6 nitrogen and oxygen atoms in total. The minimum Gasteiger partial charge on any atom is -0.548 e. The second-order valence-corrected chi connectivity index (χ2v) is 9.86. The number of carboxylic acids is 1. The van der Waals surface area contributed by atoms with Crippen molar-refractivity contribution in [3.8, 4) is 11.1 Å². The quantitative estimate of drug-likeness (QED) is 0.366. The Labute approximate surface area is 236 Å². The van der Waals surface area contributed by atoms with Crippen LogP contribution >= 0.6 is 11.8 Å². The van der Waals surface area contributed by atoms with Crippen molar-refractivity contribution >= 4 is 29.3 Å². The Morgan fingerprint density at radius 2 is 1.68 bits per heavy atom. The van der Waals surface area contributed by atoms with Gasteiger partial charge in [0.05, 0.1) is 25.2 Å². The van der Waals surface area contributed by atoms with E-state index in [1.807, 2.05) is 86.8 Å². The maximum atomic E-state index is 13.2. The van der Waals surface area contributed by atoms with E-state index in [1.54, 1.807) is 6.07 Å². The predicted molar refractivity (Wildman–Crippen MR) is 145 cm³/mol. The van der Waals surface area contributed by atoms with E-state index in [2.05, 4.69) is 11.4 Å². The number of benzene rings is 3. The molecular weight excluding hydrogens is 479 g/mol. The molecule has 0 unspecified atom stereocenters. The van der Waals surface area contributed by atoms with E-state index in [9.17, 15) is 14.7 Å². The van der Waals surface area contributed by atoms with Crippen molar-refractivity contribution in [2.75, 3.05) is 31.0 Å². The van der Waals surface area contributed by atoms with Gasteiger partial charge in [-0.15, -0.1) is 0 Å². The Morgan fingerprint density at radius 1 is 0.973 bits per heavy atom. The summed E-state index contributed by atoms with van der Waals surface area (Å²) in [6, 6.07) is 20.5. The third-order valence-corrected chi connectivity index (χ3v) is 6.57. The molecule has 0 bridgehead atoms. The number of hydrogen-bond acceptors (Lipinski definition) is 6. The molecule has 3 aromatic carbocycles. The number of thioether (sulfide) groups is 1. The summed E-state index contributed by atoms with van der Waals surface area (Å²) in [6.07, 6.45) is 2.19. The van der Waals surface area contributed by atoms with Gasteiger partial charge in [-0.2, -0.15) is 11.8 Å². The van der Waals surface area contributed by atoms with Crippen molar-refractivity contribution < 1.29 is 38.3 Å². The second-order valence-electron chi connectivity index (χ2n) is 8.88. The summed E-state index contributed by atoms with van der Waals surface area (Å²) in [4.78, 5) is 26.8. The number of rotatable bonds is 12. The van der Waals surface area contributed by atoms with Crippen molar-refractivity contribution in [2.24, 2.45) is 0 Å². The van der Waals surface area contributed by atoms with Crippen LogP contribution in [0, 0.1) is 6.92 Å². The Balaban J connectivity index is 0.00000481. The Bertz CT molecular complexity index is 1200. The molecule has 0 saturated carbocycles. The van der Waals surface area contributed by atoms with Crippen LogP contribution in [0.2, 0.25) is 0 Å². The molecule has 37 heavy (non-hydrogen) atoms. The van der Waals surface area contributed by atoms with Gasteiger partial charge < -0.3 is 24.9 Å². The summed E-state index contributed by atoms with van der Waals surface area (Å²) in [6.45, 7) is 2.83. The smallest absolute Gasteiger partial charge is 0.548 e. The first kappa shape index (κ1) is 30.5. The molecule has 0 radical (unpaired) electrons. The van der Waals surface area contributed by atoms with Gasteiger partial charge in [0, 0.05) is 25.3 Å². The standard InChI is InChI=1S/C29H34N2O4S.Li/c1-20-8-5-6-11-24(20)26-17-22(19-35-18-21-9-7-10-23(16-21)31(2)3)12-13-25(26)28(32)30-27(29(33)34)14-15-36-4;/h5-13,16-17,27H,14-15,18-19H2,1-4H3,(H,30,32)(H,33,34);/q;+1/p-1/t27-;/m0./s1. The third-order valence-electron chi connectivity index (χ3n) is 5.93. The third kappa shape index (κ3) is 8.69. The molecule has 0 heterocycles. The molecule has 1 atom stereocenters. The Morgan fingerprint density at radius 3 is 2.32 bits per heavy atom. The van der Waals surface area contributed by atoms with Crippen molar-refractivity contribution in [1.82, 2.24) is 5.32 Å². The number of aliphatic carboxylic acids is 1. The molecular formula is C29H33LiN2O4S. The van der Waals surface area contributed by atoms with E-state index in [0.29, 0.717) is 31.0 Å². The summed E-state index contributed by atoms with van der Waals surface area (Å²) in [5.41, 5.74) is 6.20. The number of amides is 1. The molecule has 0 aliphatic heterocycles. The van der Waals surface area contributed by atoms with E-state index in [0.717, 1.165) is 33.5 Å². The van der Waals surface area contributed by atoms with Gasteiger partial charge in [0.1, 0.15) is 0 Å². The maximum Gasteiger partial charge on any atom is 1.00 e. The summed E-state index contributed by atoms with van der Waals surface area (Å²) >= 11 is 1.52. The summed E-state index contributed by atoms with van der Waals surface area (Å²) in [5, 5.41) is 14.2. The minimum absolute atomic E-state index is 0. The zero-order valence-electron chi connectivity index (χ0n) is 22.2. The number of carboxylic acid groups (broad SMARTS) is 1. The van der Waals surface area contributed by atoms with Crippen LogP contribution in [-0.4, -0.2) is 44.0 Å². The molecule has 8 heteroatoms. The van der Waals surface area contributed by atoms with E-state index in [4.69, 9.17) is 4.74 Å². The van der Waals surface area contributed by atoms with Crippen LogP contribution in [0.25, 0.3) is 11.1 Å². The van der Waals surface area contributed by atoms with E-state index in [-0.39, 0.29) is 18.9 Å². The van der Waals surface area contributed by atoms with Gasteiger partial charge in [-0.1, -0.05) is 42.5 Å². The molecule has 0 saturated heterocycles. The van der Waals surface area contributed by atoms with Crippen LogP contribution in [0.5, 0.6) is 0 Å². The fraction of sp³-hybridized carbons (Fsp3) is 0.310. The largest absolute Gasteiger partial charge is 1.00 e. The molecule has 1 amide bonds. The molecule has 0 aliphatic rings. The number of carbonyl (C=O) groups excluding carboxylic acids is 2. The first-order chi connectivity index (χ1) is 17.3.